The normalized spacial score (nSPS) is 12.7. The van der Waals surface area contributed by atoms with Crippen LogP contribution in [0.1, 0.15) is 44.7 Å². The summed E-state index contributed by atoms with van der Waals surface area (Å²) in [7, 11) is -2.68. The first-order valence-electron chi connectivity index (χ1n) is 13.7. The van der Waals surface area contributed by atoms with Crippen molar-refractivity contribution in [3.05, 3.63) is 87.9 Å². The maximum absolute atomic E-state index is 14.2. The smallest absolute Gasteiger partial charge is 0.264 e. The van der Waals surface area contributed by atoms with Crippen molar-refractivity contribution in [2.24, 2.45) is 0 Å². The third-order valence-corrected chi connectivity index (χ3v) is 9.48. The summed E-state index contributed by atoms with van der Waals surface area (Å²) in [6.07, 6.45) is 1.03. The molecule has 0 aliphatic heterocycles. The average Bonchev–Trinajstić information content (AvgIpc) is 2.97. The minimum absolute atomic E-state index is 0.00729. The highest BCUT2D eigenvalue weighted by Crippen LogP contribution is 2.31. The molecule has 0 aliphatic rings. The summed E-state index contributed by atoms with van der Waals surface area (Å²) in [6.45, 7) is 6.98. The van der Waals surface area contributed by atoms with E-state index in [9.17, 15) is 18.0 Å². The predicted molar refractivity (Wildman–Crippen MR) is 168 cm³/mol. The van der Waals surface area contributed by atoms with Gasteiger partial charge in [0.05, 0.1) is 27.7 Å². The van der Waals surface area contributed by atoms with E-state index in [1.165, 1.54) is 35.2 Å². The van der Waals surface area contributed by atoms with Gasteiger partial charge in [-0.2, -0.15) is 0 Å². The number of sulfonamides is 1. The number of halogens is 2. The number of methoxy groups -OCH3 is 1. The number of carbonyl (C=O) groups is 2. The largest absolute Gasteiger partial charge is 0.497 e. The summed E-state index contributed by atoms with van der Waals surface area (Å²) in [4.78, 5) is 29.0. The van der Waals surface area contributed by atoms with Crippen LogP contribution in [0.5, 0.6) is 5.75 Å². The number of nitrogens with one attached hydrogen (secondary N) is 1. The van der Waals surface area contributed by atoms with Crippen molar-refractivity contribution in [2.75, 3.05) is 18.0 Å². The van der Waals surface area contributed by atoms with Crippen LogP contribution in [0.2, 0.25) is 10.0 Å². The molecule has 2 amide bonds. The Balaban J connectivity index is 2.09. The van der Waals surface area contributed by atoms with Crippen LogP contribution in [-0.2, 0) is 26.2 Å². The molecule has 0 saturated carbocycles. The van der Waals surface area contributed by atoms with Crippen LogP contribution in [0.25, 0.3) is 0 Å². The Morgan fingerprint density at radius 2 is 1.64 bits per heavy atom. The minimum Gasteiger partial charge on any atom is -0.497 e. The molecule has 11 heteroatoms. The van der Waals surface area contributed by atoms with Gasteiger partial charge in [0.1, 0.15) is 18.3 Å². The third kappa shape index (κ3) is 8.18. The summed E-state index contributed by atoms with van der Waals surface area (Å²) in [5.74, 6) is -0.285. The molecule has 3 aromatic carbocycles. The molecule has 0 saturated heterocycles. The second-order valence-electron chi connectivity index (χ2n) is 10.0. The van der Waals surface area contributed by atoms with Crippen molar-refractivity contribution < 1.29 is 22.7 Å². The number of amides is 2. The van der Waals surface area contributed by atoms with Gasteiger partial charge in [0, 0.05) is 12.6 Å². The molecule has 2 atom stereocenters. The topological polar surface area (TPSA) is 96.0 Å². The molecule has 0 spiro atoms. The Labute approximate surface area is 258 Å². The Morgan fingerprint density at radius 3 is 2.24 bits per heavy atom. The standard InChI is InChI=1S/C31H37Cl2N3O5S/c1-6-22(4)34-31(38)29(7-2)35(19-23-9-8-10-25(17-23)41-5)30(37)20-36(24-13-16-27(32)28(33)18-24)42(39,40)26-14-11-21(3)12-15-26/h8-18,22,29H,6-7,19-20H2,1-5H3,(H,34,38)/t22-,29+/m1/s1. The van der Waals surface area contributed by atoms with E-state index >= 15 is 0 Å². The summed E-state index contributed by atoms with van der Waals surface area (Å²) in [5, 5.41) is 3.34. The van der Waals surface area contributed by atoms with Crippen LogP contribution in [-0.4, -0.2) is 50.9 Å². The maximum atomic E-state index is 14.2. The number of hydrogen-bond acceptors (Lipinski definition) is 5. The van der Waals surface area contributed by atoms with E-state index < -0.39 is 28.5 Å². The average molecular weight is 635 g/mol. The number of carbonyl (C=O) groups excluding carboxylic acids is 2. The number of nitrogens with zero attached hydrogens (tertiary/aromatic N) is 2. The van der Waals surface area contributed by atoms with E-state index in [0.29, 0.717) is 18.6 Å². The lowest BCUT2D eigenvalue weighted by atomic mass is 10.1. The fourth-order valence-electron chi connectivity index (χ4n) is 4.33. The first-order chi connectivity index (χ1) is 19.9. The van der Waals surface area contributed by atoms with Crippen molar-refractivity contribution in [2.45, 2.75) is 64.1 Å². The van der Waals surface area contributed by atoms with E-state index in [-0.39, 0.29) is 39.1 Å². The van der Waals surface area contributed by atoms with Crippen LogP contribution in [0.15, 0.2) is 71.6 Å². The third-order valence-electron chi connectivity index (χ3n) is 6.95. The van der Waals surface area contributed by atoms with Gasteiger partial charge in [0.15, 0.2) is 0 Å². The number of rotatable bonds is 13. The molecule has 226 valence electrons. The van der Waals surface area contributed by atoms with Gasteiger partial charge >= 0.3 is 0 Å². The lowest BCUT2D eigenvalue weighted by Crippen LogP contribution is -2.53. The summed E-state index contributed by atoms with van der Waals surface area (Å²) >= 11 is 12.4. The number of aryl methyl sites for hydroxylation is 1. The maximum Gasteiger partial charge on any atom is 0.264 e. The van der Waals surface area contributed by atoms with Crippen LogP contribution >= 0.6 is 23.2 Å². The number of ether oxygens (including phenoxy) is 1. The zero-order valence-electron chi connectivity index (χ0n) is 24.4. The molecule has 3 aromatic rings. The monoisotopic (exact) mass is 633 g/mol. The highest BCUT2D eigenvalue weighted by Gasteiger charge is 2.34. The molecule has 0 aromatic heterocycles. The van der Waals surface area contributed by atoms with Crippen LogP contribution in [0, 0.1) is 6.92 Å². The molecule has 8 nitrogen and oxygen atoms in total. The van der Waals surface area contributed by atoms with Gasteiger partial charge in [-0.15, -0.1) is 0 Å². The summed E-state index contributed by atoms with van der Waals surface area (Å²) in [5.41, 5.74) is 1.77. The lowest BCUT2D eigenvalue weighted by Gasteiger charge is -2.34. The van der Waals surface area contributed by atoms with Gasteiger partial charge < -0.3 is 15.0 Å². The molecule has 42 heavy (non-hydrogen) atoms. The molecule has 0 bridgehead atoms. The molecular formula is C31H37Cl2N3O5S. The first kappa shape index (κ1) is 33.2. The van der Waals surface area contributed by atoms with E-state index in [4.69, 9.17) is 27.9 Å². The second kappa shape index (κ2) is 14.8. The Morgan fingerprint density at radius 1 is 0.952 bits per heavy atom. The van der Waals surface area contributed by atoms with Crippen molar-refractivity contribution in [1.82, 2.24) is 10.2 Å². The van der Waals surface area contributed by atoms with Gasteiger partial charge in [0.2, 0.25) is 11.8 Å². The summed E-state index contributed by atoms with van der Waals surface area (Å²) in [6, 6.07) is 16.9. The van der Waals surface area contributed by atoms with E-state index in [2.05, 4.69) is 5.32 Å². The fourth-order valence-corrected chi connectivity index (χ4v) is 6.03. The van der Waals surface area contributed by atoms with Crippen LogP contribution in [0.3, 0.4) is 0 Å². The number of anilines is 1. The predicted octanol–water partition coefficient (Wildman–Crippen LogP) is 6.23. The van der Waals surface area contributed by atoms with Crippen molar-refractivity contribution in [1.29, 1.82) is 0 Å². The van der Waals surface area contributed by atoms with Crippen LogP contribution in [0.4, 0.5) is 5.69 Å². The Bertz CT molecular complexity index is 1500. The Hall–Kier alpha value is -3.27. The highest BCUT2D eigenvalue weighted by molar-refractivity contribution is 7.92. The first-order valence-corrected chi connectivity index (χ1v) is 15.9. The molecule has 0 unspecified atom stereocenters. The fraction of sp³-hybridized carbons (Fsp3) is 0.355. The van der Waals surface area contributed by atoms with Crippen molar-refractivity contribution >= 4 is 50.7 Å². The van der Waals surface area contributed by atoms with Gasteiger partial charge in [-0.25, -0.2) is 8.42 Å². The van der Waals surface area contributed by atoms with E-state index in [1.807, 2.05) is 33.8 Å². The van der Waals surface area contributed by atoms with Crippen molar-refractivity contribution in [3.63, 3.8) is 0 Å². The van der Waals surface area contributed by atoms with Crippen molar-refractivity contribution in [3.8, 4) is 5.75 Å². The number of hydrogen-bond donors (Lipinski definition) is 1. The molecule has 0 aliphatic carbocycles. The zero-order chi connectivity index (χ0) is 31.0. The molecule has 0 fully saturated rings. The molecule has 0 heterocycles. The molecule has 0 radical (unpaired) electrons. The van der Waals surface area contributed by atoms with E-state index in [1.54, 1.807) is 37.4 Å². The number of benzene rings is 3. The molecular weight excluding hydrogens is 597 g/mol. The van der Waals surface area contributed by atoms with Gasteiger partial charge in [-0.3, -0.25) is 13.9 Å². The summed E-state index contributed by atoms with van der Waals surface area (Å²) < 4.78 is 34.3. The molecule has 1 N–H and O–H groups in total. The minimum atomic E-state index is -4.22. The van der Waals surface area contributed by atoms with Gasteiger partial charge in [-0.05, 0) is 74.7 Å². The Kier molecular flexibility index (Phi) is 11.7. The van der Waals surface area contributed by atoms with Gasteiger partial charge in [0.25, 0.3) is 10.0 Å². The highest BCUT2D eigenvalue weighted by atomic mass is 35.5. The quantitative estimate of drug-likeness (QED) is 0.241. The second-order valence-corrected chi connectivity index (χ2v) is 12.7. The van der Waals surface area contributed by atoms with Crippen LogP contribution < -0.4 is 14.4 Å². The lowest BCUT2D eigenvalue weighted by molar-refractivity contribution is -0.140. The SMILES string of the molecule is CC[C@@H](C)NC(=O)[C@H](CC)N(Cc1cccc(OC)c1)C(=O)CN(c1ccc(Cl)c(Cl)c1)S(=O)(=O)c1ccc(C)cc1. The molecule has 3 rings (SSSR count). The van der Waals surface area contributed by atoms with E-state index in [0.717, 1.165) is 15.4 Å². The zero-order valence-corrected chi connectivity index (χ0v) is 26.8. The van der Waals surface area contributed by atoms with Gasteiger partial charge in [-0.1, -0.05) is 66.9 Å².